The molecule has 0 aliphatic heterocycles. The van der Waals surface area contributed by atoms with Gasteiger partial charge in [0.2, 0.25) is 0 Å². The molecule has 0 heterocycles. The minimum absolute atomic E-state index is 0. The normalized spacial score (nSPS) is 21.9. The van der Waals surface area contributed by atoms with Crippen LogP contribution in [0.4, 0.5) is 0 Å². The summed E-state index contributed by atoms with van der Waals surface area (Å²) in [5.41, 5.74) is 5.19. The fourth-order valence-electron chi connectivity index (χ4n) is 2.09. The molecule has 0 aromatic rings. The SMILES string of the molecule is COC(=O)C(C)(N)C1CCCCC1.Cl. The summed E-state index contributed by atoms with van der Waals surface area (Å²) in [6.07, 6.45) is 5.76. The van der Waals surface area contributed by atoms with E-state index in [2.05, 4.69) is 0 Å². The Kier molecular flexibility index (Phi) is 5.45. The first-order chi connectivity index (χ1) is 6.09. The lowest BCUT2D eigenvalue weighted by Gasteiger charge is -2.34. The number of esters is 1. The molecule has 3 nitrogen and oxygen atoms in total. The molecular weight excluding hydrogens is 202 g/mol. The Labute approximate surface area is 91.8 Å². The lowest BCUT2D eigenvalue weighted by molar-refractivity contribution is -0.149. The number of ether oxygens (including phenoxy) is 1. The van der Waals surface area contributed by atoms with Crippen molar-refractivity contribution in [3.05, 3.63) is 0 Å². The van der Waals surface area contributed by atoms with E-state index in [1.165, 1.54) is 26.4 Å². The van der Waals surface area contributed by atoms with Crippen molar-refractivity contribution in [3.63, 3.8) is 0 Å². The lowest BCUT2D eigenvalue weighted by Crippen LogP contribution is -2.52. The minimum Gasteiger partial charge on any atom is -0.468 e. The largest absolute Gasteiger partial charge is 0.468 e. The second-order valence-electron chi connectivity index (χ2n) is 4.11. The summed E-state index contributed by atoms with van der Waals surface area (Å²) in [5.74, 6) is 0.0214. The molecule has 1 saturated carbocycles. The van der Waals surface area contributed by atoms with Crippen molar-refractivity contribution in [1.82, 2.24) is 0 Å². The Morgan fingerprint density at radius 2 is 1.86 bits per heavy atom. The zero-order valence-electron chi connectivity index (χ0n) is 8.91. The molecule has 0 amide bonds. The van der Waals surface area contributed by atoms with Crippen LogP contribution in [0.25, 0.3) is 0 Å². The zero-order valence-corrected chi connectivity index (χ0v) is 9.73. The van der Waals surface area contributed by atoms with Crippen LogP contribution >= 0.6 is 12.4 Å². The van der Waals surface area contributed by atoms with Crippen molar-refractivity contribution in [2.24, 2.45) is 11.7 Å². The van der Waals surface area contributed by atoms with E-state index >= 15 is 0 Å². The predicted molar refractivity (Wildman–Crippen MR) is 58.4 cm³/mol. The monoisotopic (exact) mass is 221 g/mol. The van der Waals surface area contributed by atoms with Crippen LogP contribution in [-0.2, 0) is 9.53 Å². The van der Waals surface area contributed by atoms with Crippen LogP contribution in [0.2, 0.25) is 0 Å². The molecule has 84 valence electrons. The summed E-state index contributed by atoms with van der Waals surface area (Å²) in [7, 11) is 1.40. The number of hydrogen-bond donors (Lipinski definition) is 1. The van der Waals surface area contributed by atoms with Gasteiger partial charge in [-0.2, -0.15) is 0 Å². The quantitative estimate of drug-likeness (QED) is 0.725. The molecule has 1 aliphatic rings. The van der Waals surface area contributed by atoms with Gasteiger partial charge in [0.15, 0.2) is 0 Å². The van der Waals surface area contributed by atoms with Crippen LogP contribution < -0.4 is 5.73 Å². The Morgan fingerprint density at radius 3 is 2.29 bits per heavy atom. The fourth-order valence-corrected chi connectivity index (χ4v) is 2.09. The minimum atomic E-state index is -0.783. The maximum atomic E-state index is 11.4. The molecule has 0 bridgehead atoms. The van der Waals surface area contributed by atoms with E-state index in [-0.39, 0.29) is 18.4 Å². The van der Waals surface area contributed by atoms with Crippen LogP contribution in [0, 0.1) is 5.92 Å². The summed E-state index contributed by atoms with van der Waals surface area (Å²) >= 11 is 0. The number of carbonyl (C=O) groups is 1. The molecular formula is C10H20ClNO2. The van der Waals surface area contributed by atoms with Crippen molar-refractivity contribution in [2.75, 3.05) is 7.11 Å². The van der Waals surface area contributed by atoms with Crippen LogP contribution in [0.15, 0.2) is 0 Å². The van der Waals surface area contributed by atoms with Crippen molar-refractivity contribution < 1.29 is 9.53 Å². The number of hydrogen-bond acceptors (Lipinski definition) is 3. The molecule has 0 aromatic carbocycles. The molecule has 1 unspecified atom stereocenters. The van der Waals surface area contributed by atoms with E-state index in [0.717, 1.165) is 12.8 Å². The van der Waals surface area contributed by atoms with Crippen molar-refractivity contribution in [2.45, 2.75) is 44.6 Å². The van der Waals surface area contributed by atoms with Gasteiger partial charge in [0.05, 0.1) is 7.11 Å². The molecule has 0 saturated heterocycles. The van der Waals surface area contributed by atoms with Crippen LogP contribution in [0.3, 0.4) is 0 Å². The third-order valence-corrected chi connectivity index (χ3v) is 3.08. The van der Waals surface area contributed by atoms with Crippen molar-refractivity contribution in [1.29, 1.82) is 0 Å². The fraction of sp³-hybridized carbons (Fsp3) is 0.900. The van der Waals surface area contributed by atoms with Gasteiger partial charge >= 0.3 is 5.97 Å². The van der Waals surface area contributed by atoms with E-state index in [4.69, 9.17) is 10.5 Å². The Hall–Kier alpha value is -0.280. The molecule has 1 atom stereocenters. The molecule has 0 aromatic heterocycles. The Bertz CT molecular complexity index is 189. The molecule has 1 fully saturated rings. The van der Waals surface area contributed by atoms with Gasteiger partial charge in [-0.1, -0.05) is 19.3 Å². The van der Waals surface area contributed by atoms with E-state index in [0.29, 0.717) is 5.92 Å². The smallest absolute Gasteiger partial charge is 0.325 e. The second-order valence-corrected chi connectivity index (χ2v) is 4.11. The summed E-state index contributed by atoms with van der Waals surface area (Å²) in [6.45, 7) is 1.79. The first-order valence-electron chi connectivity index (χ1n) is 4.96. The van der Waals surface area contributed by atoms with Gasteiger partial charge in [0.25, 0.3) is 0 Å². The van der Waals surface area contributed by atoms with Gasteiger partial charge in [0.1, 0.15) is 5.54 Å². The Balaban J connectivity index is 0.00000169. The van der Waals surface area contributed by atoms with Crippen LogP contribution in [-0.4, -0.2) is 18.6 Å². The molecule has 14 heavy (non-hydrogen) atoms. The van der Waals surface area contributed by atoms with E-state index in [9.17, 15) is 4.79 Å². The Morgan fingerprint density at radius 1 is 1.36 bits per heavy atom. The van der Waals surface area contributed by atoms with Gasteiger partial charge in [0, 0.05) is 0 Å². The van der Waals surface area contributed by atoms with Crippen molar-refractivity contribution in [3.8, 4) is 0 Å². The van der Waals surface area contributed by atoms with Crippen molar-refractivity contribution >= 4 is 18.4 Å². The maximum Gasteiger partial charge on any atom is 0.325 e. The first kappa shape index (κ1) is 13.7. The number of rotatable bonds is 2. The third kappa shape index (κ3) is 2.85. The lowest BCUT2D eigenvalue weighted by atomic mass is 9.76. The molecule has 4 heteroatoms. The van der Waals surface area contributed by atoms with Gasteiger partial charge in [-0.25, -0.2) is 0 Å². The van der Waals surface area contributed by atoms with E-state index in [1.54, 1.807) is 6.92 Å². The molecule has 0 spiro atoms. The summed E-state index contributed by atoms with van der Waals surface area (Å²) in [5, 5.41) is 0. The third-order valence-electron chi connectivity index (χ3n) is 3.08. The highest BCUT2D eigenvalue weighted by atomic mass is 35.5. The topological polar surface area (TPSA) is 52.3 Å². The van der Waals surface area contributed by atoms with E-state index in [1.807, 2.05) is 0 Å². The molecule has 1 rings (SSSR count). The molecule has 1 aliphatic carbocycles. The number of carbonyl (C=O) groups excluding carboxylic acids is 1. The molecule has 0 radical (unpaired) electrons. The first-order valence-corrected chi connectivity index (χ1v) is 4.96. The predicted octanol–water partition coefficient (Wildman–Crippen LogP) is 1.88. The number of halogens is 1. The number of methoxy groups -OCH3 is 1. The summed E-state index contributed by atoms with van der Waals surface area (Å²) in [4.78, 5) is 11.4. The van der Waals surface area contributed by atoms with E-state index < -0.39 is 5.54 Å². The van der Waals surface area contributed by atoms with Crippen LogP contribution in [0.1, 0.15) is 39.0 Å². The average molecular weight is 222 g/mol. The highest BCUT2D eigenvalue weighted by Crippen LogP contribution is 2.31. The van der Waals surface area contributed by atoms with Crippen LogP contribution in [0.5, 0.6) is 0 Å². The molecule has 2 N–H and O–H groups in total. The average Bonchev–Trinajstić information content (AvgIpc) is 2.18. The van der Waals surface area contributed by atoms with Gasteiger partial charge in [-0.3, -0.25) is 4.79 Å². The number of nitrogens with two attached hydrogens (primary N) is 1. The summed E-state index contributed by atoms with van der Waals surface area (Å²) < 4.78 is 4.70. The highest BCUT2D eigenvalue weighted by Gasteiger charge is 2.38. The zero-order chi connectivity index (χ0) is 9.90. The maximum absolute atomic E-state index is 11.4. The highest BCUT2D eigenvalue weighted by molar-refractivity contribution is 5.85. The summed E-state index contributed by atoms with van der Waals surface area (Å²) in [6, 6.07) is 0. The van der Waals surface area contributed by atoms with Gasteiger partial charge < -0.3 is 10.5 Å². The standard InChI is InChI=1S/C10H19NO2.ClH/c1-10(11,9(12)13-2)8-6-4-3-5-7-8;/h8H,3-7,11H2,1-2H3;1H. The van der Waals surface area contributed by atoms with Gasteiger partial charge in [-0.05, 0) is 25.7 Å². The van der Waals surface area contributed by atoms with Gasteiger partial charge in [-0.15, -0.1) is 12.4 Å². The second kappa shape index (κ2) is 5.56.